The van der Waals surface area contributed by atoms with Gasteiger partial charge in [0.1, 0.15) is 0 Å². The van der Waals surface area contributed by atoms with E-state index in [0.717, 1.165) is 26.0 Å². The molecule has 18 heavy (non-hydrogen) atoms. The standard InChI is InChI=1S/C14H20N2O2/c1-10(16-8-13-9-18-13)2-3-11-4-6-12(7-5-11)14(15)17/h4-7,10,13,16H,2-3,8-9H2,1H3,(H2,15,17). The second kappa shape index (κ2) is 5.98. The van der Waals surface area contributed by atoms with Crippen LogP contribution in [0.15, 0.2) is 24.3 Å². The van der Waals surface area contributed by atoms with Gasteiger partial charge in [0.25, 0.3) is 0 Å². The van der Waals surface area contributed by atoms with E-state index in [9.17, 15) is 4.79 Å². The largest absolute Gasteiger partial charge is 0.372 e. The lowest BCUT2D eigenvalue weighted by atomic mass is 10.0. The SMILES string of the molecule is CC(CCc1ccc(C(N)=O)cc1)NCC1CO1. The summed E-state index contributed by atoms with van der Waals surface area (Å²) >= 11 is 0. The van der Waals surface area contributed by atoms with Gasteiger partial charge in [-0.3, -0.25) is 4.79 Å². The lowest BCUT2D eigenvalue weighted by molar-refractivity contribution is 0.100. The van der Waals surface area contributed by atoms with Crippen molar-refractivity contribution in [1.82, 2.24) is 5.32 Å². The van der Waals surface area contributed by atoms with E-state index in [-0.39, 0.29) is 5.91 Å². The van der Waals surface area contributed by atoms with E-state index < -0.39 is 0 Å². The Morgan fingerprint density at radius 1 is 1.50 bits per heavy atom. The summed E-state index contributed by atoms with van der Waals surface area (Å²) in [4.78, 5) is 10.9. The molecule has 0 spiro atoms. The van der Waals surface area contributed by atoms with Gasteiger partial charge in [0.05, 0.1) is 12.7 Å². The van der Waals surface area contributed by atoms with Crippen LogP contribution in [0.5, 0.6) is 0 Å². The first-order chi connectivity index (χ1) is 8.65. The fourth-order valence-electron chi connectivity index (χ4n) is 1.84. The minimum absolute atomic E-state index is 0.374. The van der Waals surface area contributed by atoms with Crippen LogP contribution in [0, 0.1) is 0 Å². The van der Waals surface area contributed by atoms with Crippen molar-refractivity contribution in [3.63, 3.8) is 0 Å². The number of aryl methyl sites for hydroxylation is 1. The number of hydrogen-bond donors (Lipinski definition) is 2. The van der Waals surface area contributed by atoms with Crippen molar-refractivity contribution < 1.29 is 9.53 Å². The molecular formula is C14H20N2O2. The van der Waals surface area contributed by atoms with Crippen LogP contribution >= 0.6 is 0 Å². The lowest BCUT2D eigenvalue weighted by Crippen LogP contribution is -2.30. The predicted octanol–water partition coefficient (Wildman–Crippen LogP) is 1.10. The quantitative estimate of drug-likeness (QED) is 0.710. The summed E-state index contributed by atoms with van der Waals surface area (Å²) in [7, 11) is 0. The first-order valence-electron chi connectivity index (χ1n) is 6.39. The maximum absolute atomic E-state index is 10.9. The Kier molecular flexibility index (Phi) is 4.33. The van der Waals surface area contributed by atoms with Gasteiger partial charge in [-0.1, -0.05) is 12.1 Å². The minimum atomic E-state index is -0.374. The summed E-state index contributed by atoms with van der Waals surface area (Å²) in [5, 5.41) is 3.45. The Morgan fingerprint density at radius 3 is 2.72 bits per heavy atom. The van der Waals surface area contributed by atoms with E-state index in [1.807, 2.05) is 12.1 Å². The minimum Gasteiger partial charge on any atom is -0.372 e. The molecule has 1 aliphatic rings. The topological polar surface area (TPSA) is 67.7 Å². The zero-order chi connectivity index (χ0) is 13.0. The Labute approximate surface area is 108 Å². The number of benzene rings is 1. The number of carbonyl (C=O) groups excluding carboxylic acids is 1. The average molecular weight is 248 g/mol. The van der Waals surface area contributed by atoms with E-state index >= 15 is 0 Å². The van der Waals surface area contributed by atoms with Crippen molar-refractivity contribution in [1.29, 1.82) is 0 Å². The number of primary amides is 1. The molecule has 0 aromatic heterocycles. The van der Waals surface area contributed by atoms with Crippen LogP contribution in [0.4, 0.5) is 0 Å². The highest BCUT2D eigenvalue weighted by Gasteiger charge is 2.22. The number of epoxide rings is 1. The highest BCUT2D eigenvalue weighted by molar-refractivity contribution is 5.92. The third-order valence-corrected chi connectivity index (χ3v) is 3.20. The summed E-state index contributed by atoms with van der Waals surface area (Å²) in [6, 6.07) is 7.99. The number of amides is 1. The number of nitrogens with one attached hydrogen (secondary N) is 1. The number of nitrogens with two attached hydrogens (primary N) is 1. The Balaban J connectivity index is 1.72. The number of hydrogen-bond acceptors (Lipinski definition) is 3. The smallest absolute Gasteiger partial charge is 0.248 e. The molecule has 2 rings (SSSR count). The highest BCUT2D eigenvalue weighted by Crippen LogP contribution is 2.10. The average Bonchev–Trinajstić information content (AvgIpc) is 3.18. The molecule has 0 saturated carbocycles. The van der Waals surface area contributed by atoms with Crippen LogP contribution in [-0.4, -0.2) is 31.2 Å². The molecular weight excluding hydrogens is 228 g/mol. The summed E-state index contributed by atoms with van der Waals surface area (Å²) in [5.41, 5.74) is 7.00. The third-order valence-electron chi connectivity index (χ3n) is 3.20. The molecule has 4 heteroatoms. The monoisotopic (exact) mass is 248 g/mol. The van der Waals surface area contributed by atoms with Crippen LogP contribution < -0.4 is 11.1 Å². The number of ether oxygens (including phenoxy) is 1. The molecule has 2 unspecified atom stereocenters. The molecule has 1 saturated heterocycles. The summed E-state index contributed by atoms with van der Waals surface area (Å²) in [5.74, 6) is -0.374. The van der Waals surface area contributed by atoms with Crippen molar-refractivity contribution in [2.45, 2.75) is 31.9 Å². The molecule has 1 amide bonds. The van der Waals surface area contributed by atoms with Crippen molar-refractivity contribution in [3.8, 4) is 0 Å². The highest BCUT2D eigenvalue weighted by atomic mass is 16.6. The molecule has 1 heterocycles. The third kappa shape index (κ3) is 4.13. The molecule has 0 bridgehead atoms. The van der Waals surface area contributed by atoms with Gasteiger partial charge in [-0.05, 0) is 37.5 Å². The fourth-order valence-corrected chi connectivity index (χ4v) is 1.84. The van der Waals surface area contributed by atoms with E-state index in [1.165, 1.54) is 5.56 Å². The molecule has 3 N–H and O–H groups in total. The van der Waals surface area contributed by atoms with Gasteiger partial charge in [0.15, 0.2) is 0 Å². The predicted molar refractivity (Wildman–Crippen MR) is 70.5 cm³/mol. The van der Waals surface area contributed by atoms with Gasteiger partial charge in [-0.2, -0.15) is 0 Å². The Morgan fingerprint density at radius 2 is 2.17 bits per heavy atom. The van der Waals surface area contributed by atoms with Crippen molar-refractivity contribution in [3.05, 3.63) is 35.4 Å². The zero-order valence-electron chi connectivity index (χ0n) is 10.7. The van der Waals surface area contributed by atoms with E-state index in [0.29, 0.717) is 17.7 Å². The van der Waals surface area contributed by atoms with Crippen molar-refractivity contribution in [2.75, 3.05) is 13.2 Å². The zero-order valence-corrected chi connectivity index (χ0v) is 10.7. The Bertz CT molecular complexity index is 399. The maximum atomic E-state index is 10.9. The van der Waals surface area contributed by atoms with Gasteiger partial charge in [0.2, 0.25) is 5.91 Å². The van der Waals surface area contributed by atoms with Crippen LogP contribution in [0.2, 0.25) is 0 Å². The first-order valence-corrected chi connectivity index (χ1v) is 6.39. The number of rotatable bonds is 7. The van der Waals surface area contributed by atoms with Gasteiger partial charge in [0, 0.05) is 18.2 Å². The van der Waals surface area contributed by atoms with Gasteiger partial charge < -0.3 is 15.8 Å². The summed E-state index contributed by atoms with van der Waals surface area (Å²) in [6.45, 7) is 4.02. The van der Waals surface area contributed by atoms with Crippen molar-refractivity contribution >= 4 is 5.91 Å². The molecule has 0 radical (unpaired) electrons. The molecule has 1 aliphatic heterocycles. The second-order valence-corrected chi connectivity index (χ2v) is 4.86. The van der Waals surface area contributed by atoms with E-state index in [1.54, 1.807) is 12.1 Å². The fraction of sp³-hybridized carbons (Fsp3) is 0.500. The van der Waals surface area contributed by atoms with E-state index in [4.69, 9.17) is 10.5 Å². The molecule has 1 aromatic carbocycles. The summed E-state index contributed by atoms with van der Waals surface area (Å²) < 4.78 is 5.15. The normalized spacial score (nSPS) is 19.5. The van der Waals surface area contributed by atoms with Gasteiger partial charge in [-0.15, -0.1) is 0 Å². The van der Waals surface area contributed by atoms with Crippen LogP contribution in [0.1, 0.15) is 29.3 Å². The van der Waals surface area contributed by atoms with Crippen LogP contribution in [-0.2, 0) is 11.2 Å². The summed E-state index contributed by atoms with van der Waals surface area (Å²) in [6.07, 6.45) is 2.50. The lowest BCUT2D eigenvalue weighted by Gasteiger charge is -2.12. The molecule has 2 atom stereocenters. The molecule has 98 valence electrons. The van der Waals surface area contributed by atoms with Gasteiger partial charge >= 0.3 is 0 Å². The second-order valence-electron chi connectivity index (χ2n) is 4.86. The van der Waals surface area contributed by atoms with Crippen molar-refractivity contribution in [2.24, 2.45) is 5.73 Å². The van der Waals surface area contributed by atoms with Crippen LogP contribution in [0.3, 0.4) is 0 Å². The molecule has 4 nitrogen and oxygen atoms in total. The van der Waals surface area contributed by atoms with E-state index in [2.05, 4.69) is 12.2 Å². The van der Waals surface area contributed by atoms with Crippen LogP contribution in [0.25, 0.3) is 0 Å². The molecule has 1 aromatic rings. The maximum Gasteiger partial charge on any atom is 0.248 e. The first kappa shape index (κ1) is 13.1. The molecule has 1 fully saturated rings. The Hall–Kier alpha value is -1.39. The molecule has 0 aliphatic carbocycles. The number of carbonyl (C=O) groups is 1. The van der Waals surface area contributed by atoms with Gasteiger partial charge in [-0.25, -0.2) is 0 Å².